The van der Waals surface area contributed by atoms with Gasteiger partial charge in [0.1, 0.15) is 0 Å². The second-order valence-corrected chi connectivity index (χ2v) is 8.13. The SMILES string of the molecule is CCOc1cccc2cc(C(=O)N=c3sc4ccccc4n3CCSC)oc12. The quantitative estimate of drug-likeness (QED) is 0.449. The van der Waals surface area contributed by atoms with Crippen LogP contribution in [0.4, 0.5) is 0 Å². The van der Waals surface area contributed by atoms with Crippen LogP contribution in [0.25, 0.3) is 21.2 Å². The van der Waals surface area contributed by atoms with Gasteiger partial charge in [-0.3, -0.25) is 4.79 Å². The fourth-order valence-corrected chi connectivity index (χ4v) is 4.48. The van der Waals surface area contributed by atoms with Crippen LogP contribution in [0.5, 0.6) is 5.75 Å². The van der Waals surface area contributed by atoms with Gasteiger partial charge in [-0.2, -0.15) is 16.8 Å². The number of benzene rings is 2. The Morgan fingerprint density at radius 1 is 1.25 bits per heavy atom. The second kappa shape index (κ2) is 8.24. The number of aryl methyl sites for hydroxylation is 1. The number of ether oxygens (including phenoxy) is 1. The summed E-state index contributed by atoms with van der Waals surface area (Å²) in [7, 11) is 0. The van der Waals surface area contributed by atoms with E-state index in [1.807, 2.05) is 37.3 Å². The van der Waals surface area contributed by atoms with Crippen molar-refractivity contribution in [1.29, 1.82) is 0 Å². The molecule has 2 aromatic heterocycles. The number of furan rings is 1. The van der Waals surface area contributed by atoms with Gasteiger partial charge in [-0.05, 0) is 37.4 Å². The van der Waals surface area contributed by atoms with E-state index in [0.717, 1.165) is 27.9 Å². The van der Waals surface area contributed by atoms with Crippen molar-refractivity contribution in [3.63, 3.8) is 0 Å². The molecule has 0 N–H and O–H groups in total. The molecule has 0 bridgehead atoms. The summed E-state index contributed by atoms with van der Waals surface area (Å²) >= 11 is 3.28. The molecule has 0 spiro atoms. The number of para-hydroxylation sites is 2. The molecule has 4 aromatic rings. The molecule has 5 nitrogen and oxygen atoms in total. The Morgan fingerprint density at radius 2 is 2.11 bits per heavy atom. The Morgan fingerprint density at radius 3 is 2.93 bits per heavy atom. The highest BCUT2D eigenvalue weighted by Crippen LogP contribution is 2.29. The molecule has 1 amide bonds. The zero-order valence-corrected chi connectivity index (χ0v) is 17.3. The minimum atomic E-state index is -0.386. The fraction of sp³-hybridized carbons (Fsp3) is 0.238. The van der Waals surface area contributed by atoms with Gasteiger partial charge in [0.15, 0.2) is 21.9 Å². The summed E-state index contributed by atoms with van der Waals surface area (Å²) in [6, 6.07) is 15.5. The van der Waals surface area contributed by atoms with E-state index in [0.29, 0.717) is 22.7 Å². The summed E-state index contributed by atoms with van der Waals surface area (Å²) in [5.74, 6) is 1.42. The minimum absolute atomic E-state index is 0.219. The van der Waals surface area contributed by atoms with Crippen molar-refractivity contribution in [2.24, 2.45) is 4.99 Å². The van der Waals surface area contributed by atoms with E-state index >= 15 is 0 Å². The van der Waals surface area contributed by atoms with Crippen LogP contribution >= 0.6 is 23.1 Å². The summed E-state index contributed by atoms with van der Waals surface area (Å²) in [5.41, 5.74) is 1.67. The Kier molecular flexibility index (Phi) is 5.54. The lowest BCUT2D eigenvalue weighted by Crippen LogP contribution is -2.18. The van der Waals surface area contributed by atoms with Crippen LogP contribution in [0.3, 0.4) is 0 Å². The van der Waals surface area contributed by atoms with E-state index in [9.17, 15) is 4.79 Å². The molecule has 0 fully saturated rings. The number of aromatic nitrogens is 1. The first-order valence-electron chi connectivity index (χ1n) is 9.03. The number of hydrogen-bond donors (Lipinski definition) is 0. The number of hydrogen-bond acceptors (Lipinski definition) is 5. The summed E-state index contributed by atoms with van der Waals surface area (Å²) in [6.45, 7) is 3.24. The number of nitrogens with zero attached hydrogens (tertiary/aromatic N) is 2. The highest BCUT2D eigenvalue weighted by atomic mass is 32.2. The molecule has 0 saturated carbocycles. The van der Waals surface area contributed by atoms with Crippen molar-refractivity contribution in [2.45, 2.75) is 13.5 Å². The number of thiazole rings is 1. The molecule has 28 heavy (non-hydrogen) atoms. The van der Waals surface area contributed by atoms with Crippen LogP contribution in [-0.4, -0.2) is 29.1 Å². The molecule has 2 aromatic carbocycles. The third-order valence-electron chi connectivity index (χ3n) is 4.32. The van der Waals surface area contributed by atoms with Crippen LogP contribution in [0.1, 0.15) is 17.5 Å². The average molecular weight is 413 g/mol. The van der Waals surface area contributed by atoms with Gasteiger partial charge in [-0.25, -0.2) is 0 Å². The second-order valence-electron chi connectivity index (χ2n) is 6.13. The molecule has 7 heteroatoms. The Hall–Kier alpha value is -2.51. The van der Waals surface area contributed by atoms with Gasteiger partial charge >= 0.3 is 5.91 Å². The van der Waals surface area contributed by atoms with Gasteiger partial charge in [-0.1, -0.05) is 35.6 Å². The minimum Gasteiger partial charge on any atom is -0.490 e. The molecule has 0 aliphatic rings. The zero-order chi connectivity index (χ0) is 19.5. The molecular weight excluding hydrogens is 392 g/mol. The normalized spacial score (nSPS) is 12.1. The smallest absolute Gasteiger partial charge is 0.315 e. The summed E-state index contributed by atoms with van der Waals surface area (Å²) in [6.07, 6.45) is 2.07. The zero-order valence-electron chi connectivity index (χ0n) is 15.7. The van der Waals surface area contributed by atoms with Crippen molar-refractivity contribution < 1.29 is 13.9 Å². The van der Waals surface area contributed by atoms with E-state index in [1.165, 1.54) is 11.3 Å². The first-order chi connectivity index (χ1) is 13.7. The predicted octanol–water partition coefficient (Wildman–Crippen LogP) is 4.95. The van der Waals surface area contributed by atoms with E-state index in [4.69, 9.17) is 9.15 Å². The number of carbonyl (C=O) groups is 1. The Bertz CT molecular complexity index is 1200. The number of fused-ring (bicyclic) bond motifs is 2. The predicted molar refractivity (Wildman–Crippen MR) is 115 cm³/mol. The molecule has 0 atom stereocenters. The number of amides is 1. The lowest BCUT2D eigenvalue weighted by Gasteiger charge is -2.03. The number of carbonyl (C=O) groups excluding carboxylic acids is 1. The number of thioether (sulfide) groups is 1. The molecule has 0 radical (unpaired) electrons. The number of rotatable bonds is 6. The first kappa shape index (κ1) is 18.8. The summed E-state index contributed by atoms with van der Waals surface area (Å²) in [5, 5.41) is 0.830. The van der Waals surface area contributed by atoms with Gasteiger partial charge in [0.05, 0.1) is 16.8 Å². The fourth-order valence-electron chi connectivity index (χ4n) is 3.06. The summed E-state index contributed by atoms with van der Waals surface area (Å²) in [4.78, 5) is 17.9. The standard InChI is InChI=1S/C21H20N2O3S2/c1-3-25-16-9-6-7-14-13-17(26-19(14)16)20(24)22-21-23(11-12-27-2)15-8-4-5-10-18(15)28-21/h4-10,13H,3,11-12H2,1-2H3. The largest absolute Gasteiger partial charge is 0.490 e. The lowest BCUT2D eigenvalue weighted by atomic mass is 10.2. The van der Waals surface area contributed by atoms with E-state index in [1.54, 1.807) is 17.8 Å². The third-order valence-corrected chi connectivity index (χ3v) is 5.97. The molecule has 0 aliphatic heterocycles. The first-order valence-corrected chi connectivity index (χ1v) is 11.2. The third kappa shape index (κ3) is 3.59. The highest BCUT2D eigenvalue weighted by molar-refractivity contribution is 7.98. The van der Waals surface area contributed by atoms with E-state index in [2.05, 4.69) is 27.9 Å². The van der Waals surface area contributed by atoms with Crippen molar-refractivity contribution in [3.05, 3.63) is 59.1 Å². The molecule has 4 rings (SSSR count). The average Bonchev–Trinajstić information content (AvgIpc) is 3.28. The van der Waals surface area contributed by atoms with Crippen molar-refractivity contribution in [1.82, 2.24) is 4.57 Å². The molecule has 0 unspecified atom stereocenters. The van der Waals surface area contributed by atoms with E-state index < -0.39 is 0 Å². The molecule has 0 saturated heterocycles. The molecular formula is C21H20N2O3S2. The maximum absolute atomic E-state index is 12.8. The Balaban J connectivity index is 1.78. The molecule has 0 aliphatic carbocycles. The maximum Gasteiger partial charge on any atom is 0.315 e. The van der Waals surface area contributed by atoms with Crippen LogP contribution in [0.15, 0.2) is 57.9 Å². The van der Waals surface area contributed by atoms with Crippen LogP contribution in [0.2, 0.25) is 0 Å². The Labute approximate surface area is 170 Å². The summed E-state index contributed by atoms with van der Waals surface area (Å²) < 4.78 is 14.6. The maximum atomic E-state index is 12.8. The van der Waals surface area contributed by atoms with Gasteiger partial charge in [0.25, 0.3) is 0 Å². The van der Waals surface area contributed by atoms with Gasteiger partial charge in [0.2, 0.25) is 0 Å². The highest BCUT2D eigenvalue weighted by Gasteiger charge is 2.15. The lowest BCUT2D eigenvalue weighted by molar-refractivity contribution is 0.0973. The van der Waals surface area contributed by atoms with Crippen LogP contribution in [0, 0.1) is 0 Å². The van der Waals surface area contributed by atoms with Crippen LogP contribution < -0.4 is 9.54 Å². The van der Waals surface area contributed by atoms with Gasteiger partial charge in [0, 0.05) is 17.7 Å². The van der Waals surface area contributed by atoms with Crippen molar-refractivity contribution >= 4 is 50.2 Å². The topological polar surface area (TPSA) is 56.7 Å². The van der Waals surface area contributed by atoms with Gasteiger partial charge in [-0.15, -0.1) is 0 Å². The van der Waals surface area contributed by atoms with E-state index in [-0.39, 0.29) is 11.7 Å². The van der Waals surface area contributed by atoms with Gasteiger partial charge < -0.3 is 13.7 Å². The monoisotopic (exact) mass is 412 g/mol. The molecule has 144 valence electrons. The van der Waals surface area contributed by atoms with Crippen LogP contribution in [-0.2, 0) is 6.54 Å². The van der Waals surface area contributed by atoms with Crippen molar-refractivity contribution in [3.8, 4) is 5.75 Å². The van der Waals surface area contributed by atoms with Crippen molar-refractivity contribution in [2.75, 3.05) is 18.6 Å². The molecule has 2 heterocycles.